The van der Waals surface area contributed by atoms with Crippen LogP contribution in [0.25, 0.3) is 0 Å². The Balaban J connectivity index is 1.78. The molecule has 2 fully saturated rings. The average molecular weight is 294 g/mol. The molecule has 1 N–H and O–H groups in total. The molecule has 1 aliphatic carbocycles. The quantitative estimate of drug-likeness (QED) is 0.916. The molecule has 0 aromatic heterocycles. The maximum Gasteiger partial charge on any atom is 0.163 e. The van der Waals surface area contributed by atoms with E-state index in [4.69, 9.17) is 0 Å². The van der Waals surface area contributed by atoms with Crippen molar-refractivity contribution in [1.29, 1.82) is 0 Å². The normalized spacial score (nSPS) is 30.6. The van der Waals surface area contributed by atoms with Crippen LogP contribution in [-0.4, -0.2) is 29.6 Å². The number of piperazine rings is 1. The number of hydrogen-bond donors (Lipinski definition) is 1. The first-order valence-electron chi connectivity index (χ1n) is 7.95. The van der Waals surface area contributed by atoms with Gasteiger partial charge >= 0.3 is 0 Å². The van der Waals surface area contributed by atoms with E-state index in [0.717, 1.165) is 25.4 Å². The largest absolute Gasteiger partial charge is 0.308 e. The number of hydrogen-bond acceptors (Lipinski definition) is 2. The Labute approximate surface area is 125 Å². The van der Waals surface area contributed by atoms with Crippen LogP contribution in [-0.2, 0) is 6.54 Å². The zero-order chi connectivity index (χ0) is 15.0. The maximum atomic E-state index is 13.9. The van der Waals surface area contributed by atoms with E-state index in [1.807, 2.05) is 0 Å². The highest BCUT2D eigenvalue weighted by molar-refractivity contribution is 5.19. The van der Waals surface area contributed by atoms with Crippen LogP contribution in [0, 0.1) is 17.6 Å². The fourth-order valence-electron chi connectivity index (χ4n) is 3.56. The SMILES string of the molecule is CCC1CNC(C)(C2CC2)CN1Cc1cccc(F)c1F. The van der Waals surface area contributed by atoms with Gasteiger partial charge in [0.15, 0.2) is 11.6 Å². The number of halogens is 2. The zero-order valence-corrected chi connectivity index (χ0v) is 12.8. The van der Waals surface area contributed by atoms with Crippen LogP contribution in [0.2, 0.25) is 0 Å². The average Bonchev–Trinajstić information content (AvgIpc) is 3.29. The lowest BCUT2D eigenvalue weighted by molar-refractivity contribution is 0.0655. The van der Waals surface area contributed by atoms with Crippen molar-refractivity contribution < 1.29 is 8.78 Å². The van der Waals surface area contributed by atoms with Crippen molar-refractivity contribution in [3.8, 4) is 0 Å². The summed E-state index contributed by atoms with van der Waals surface area (Å²) in [5.41, 5.74) is 0.587. The topological polar surface area (TPSA) is 15.3 Å². The van der Waals surface area contributed by atoms with Gasteiger partial charge in [-0.25, -0.2) is 8.78 Å². The monoisotopic (exact) mass is 294 g/mol. The van der Waals surface area contributed by atoms with Gasteiger partial charge in [-0.3, -0.25) is 4.90 Å². The van der Waals surface area contributed by atoms with Crippen LogP contribution in [0.1, 0.15) is 38.7 Å². The molecular formula is C17H24F2N2. The Bertz CT molecular complexity index is 516. The van der Waals surface area contributed by atoms with E-state index in [2.05, 4.69) is 24.1 Å². The molecule has 0 bridgehead atoms. The third kappa shape index (κ3) is 2.97. The Kier molecular flexibility index (Phi) is 4.02. The van der Waals surface area contributed by atoms with Gasteiger partial charge < -0.3 is 5.32 Å². The molecule has 2 atom stereocenters. The molecule has 1 aromatic rings. The van der Waals surface area contributed by atoms with Gasteiger partial charge in [0.2, 0.25) is 0 Å². The van der Waals surface area contributed by atoms with Crippen molar-refractivity contribution in [2.45, 2.75) is 51.2 Å². The summed E-state index contributed by atoms with van der Waals surface area (Å²) in [5, 5.41) is 3.69. The molecule has 2 aliphatic rings. The molecule has 1 saturated carbocycles. The van der Waals surface area contributed by atoms with Gasteiger partial charge in [0.1, 0.15) is 0 Å². The minimum Gasteiger partial charge on any atom is -0.308 e. The van der Waals surface area contributed by atoms with Crippen LogP contribution in [0.3, 0.4) is 0 Å². The number of benzene rings is 1. The molecule has 116 valence electrons. The lowest BCUT2D eigenvalue weighted by Gasteiger charge is -2.46. The lowest BCUT2D eigenvalue weighted by atomic mass is 9.90. The Morgan fingerprint density at radius 3 is 2.76 bits per heavy atom. The van der Waals surface area contributed by atoms with Gasteiger partial charge in [0.25, 0.3) is 0 Å². The van der Waals surface area contributed by atoms with Crippen molar-refractivity contribution in [3.63, 3.8) is 0 Å². The summed E-state index contributed by atoms with van der Waals surface area (Å²) in [5.74, 6) is -0.713. The summed E-state index contributed by atoms with van der Waals surface area (Å²) in [6.07, 6.45) is 3.58. The minimum atomic E-state index is -0.749. The van der Waals surface area contributed by atoms with Crippen molar-refractivity contribution in [3.05, 3.63) is 35.4 Å². The second-order valence-electron chi connectivity index (χ2n) is 6.75. The van der Waals surface area contributed by atoms with E-state index in [1.54, 1.807) is 12.1 Å². The molecule has 4 heteroatoms. The van der Waals surface area contributed by atoms with Gasteiger partial charge in [-0.05, 0) is 38.2 Å². The van der Waals surface area contributed by atoms with Gasteiger partial charge in [-0.1, -0.05) is 19.1 Å². The first-order chi connectivity index (χ1) is 10.0. The molecule has 0 amide bonds. The van der Waals surface area contributed by atoms with E-state index < -0.39 is 11.6 Å². The molecule has 1 saturated heterocycles. The van der Waals surface area contributed by atoms with Crippen LogP contribution >= 0.6 is 0 Å². The number of nitrogens with zero attached hydrogens (tertiary/aromatic N) is 1. The van der Waals surface area contributed by atoms with Crippen molar-refractivity contribution >= 4 is 0 Å². The van der Waals surface area contributed by atoms with Crippen LogP contribution < -0.4 is 5.32 Å². The van der Waals surface area contributed by atoms with Crippen molar-refractivity contribution in [1.82, 2.24) is 10.2 Å². The number of rotatable bonds is 4. The second-order valence-corrected chi connectivity index (χ2v) is 6.75. The smallest absolute Gasteiger partial charge is 0.163 e. The lowest BCUT2D eigenvalue weighted by Crippen LogP contribution is -2.63. The molecule has 1 heterocycles. The summed E-state index contributed by atoms with van der Waals surface area (Å²) in [7, 11) is 0. The maximum absolute atomic E-state index is 13.9. The van der Waals surface area contributed by atoms with E-state index in [9.17, 15) is 8.78 Å². The van der Waals surface area contributed by atoms with Crippen LogP contribution in [0.5, 0.6) is 0 Å². The zero-order valence-electron chi connectivity index (χ0n) is 12.8. The fourth-order valence-corrected chi connectivity index (χ4v) is 3.56. The van der Waals surface area contributed by atoms with Crippen LogP contribution in [0.15, 0.2) is 18.2 Å². The third-order valence-corrected chi connectivity index (χ3v) is 5.14. The van der Waals surface area contributed by atoms with Crippen molar-refractivity contribution in [2.75, 3.05) is 13.1 Å². The second kappa shape index (κ2) is 5.65. The summed E-state index contributed by atoms with van der Waals surface area (Å²) in [6, 6.07) is 4.86. The molecular weight excluding hydrogens is 270 g/mol. The molecule has 1 aromatic carbocycles. The minimum absolute atomic E-state index is 0.121. The molecule has 2 nitrogen and oxygen atoms in total. The highest BCUT2D eigenvalue weighted by atomic mass is 19.2. The van der Waals surface area contributed by atoms with E-state index in [0.29, 0.717) is 18.2 Å². The fraction of sp³-hybridized carbons (Fsp3) is 0.647. The summed E-state index contributed by atoms with van der Waals surface area (Å²) >= 11 is 0. The van der Waals surface area contributed by atoms with Gasteiger partial charge in [0.05, 0.1) is 0 Å². The molecule has 0 radical (unpaired) electrons. The Morgan fingerprint density at radius 1 is 1.33 bits per heavy atom. The highest BCUT2D eigenvalue weighted by Crippen LogP contribution is 2.41. The van der Waals surface area contributed by atoms with Crippen LogP contribution in [0.4, 0.5) is 8.78 Å². The third-order valence-electron chi connectivity index (χ3n) is 5.14. The van der Waals surface area contributed by atoms with E-state index >= 15 is 0 Å². The molecule has 3 rings (SSSR count). The summed E-state index contributed by atoms with van der Waals surface area (Å²) in [6.45, 7) is 6.76. The van der Waals surface area contributed by atoms with Gasteiger partial charge in [0, 0.05) is 36.8 Å². The summed E-state index contributed by atoms with van der Waals surface area (Å²) < 4.78 is 27.3. The first-order valence-corrected chi connectivity index (χ1v) is 7.95. The standard InChI is InChI=1S/C17H24F2N2/c1-3-14-9-20-17(2,13-7-8-13)11-21(14)10-12-5-4-6-15(18)16(12)19/h4-6,13-14,20H,3,7-11H2,1-2H3. The Hall–Kier alpha value is -1.00. The van der Waals surface area contributed by atoms with Crippen molar-refractivity contribution in [2.24, 2.45) is 5.92 Å². The van der Waals surface area contributed by atoms with Gasteiger partial charge in [-0.15, -0.1) is 0 Å². The van der Waals surface area contributed by atoms with E-state index in [-0.39, 0.29) is 5.54 Å². The first kappa shape index (κ1) is 14.9. The van der Waals surface area contributed by atoms with E-state index in [1.165, 1.54) is 18.9 Å². The summed E-state index contributed by atoms with van der Waals surface area (Å²) in [4.78, 5) is 2.33. The molecule has 0 spiro atoms. The molecule has 2 unspecified atom stereocenters. The highest BCUT2D eigenvalue weighted by Gasteiger charge is 2.45. The predicted octanol–water partition coefficient (Wildman–Crippen LogP) is 3.32. The molecule has 1 aliphatic heterocycles. The van der Waals surface area contributed by atoms with Gasteiger partial charge in [-0.2, -0.15) is 0 Å². The number of nitrogens with one attached hydrogen (secondary N) is 1. The Morgan fingerprint density at radius 2 is 2.10 bits per heavy atom. The predicted molar refractivity (Wildman–Crippen MR) is 80.0 cm³/mol. The molecule has 21 heavy (non-hydrogen) atoms.